The number of anilines is 2. The minimum Gasteiger partial charge on any atom is -0.465 e. The van der Waals surface area contributed by atoms with Gasteiger partial charge in [-0.2, -0.15) is 0 Å². The van der Waals surface area contributed by atoms with E-state index in [0.717, 1.165) is 0 Å². The molecular formula is C13H12FN3O2. The molecule has 2 aromatic rings. The van der Waals surface area contributed by atoms with E-state index in [4.69, 9.17) is 0 Å². The largest absolute Gasteiger partial charge is 0.465 e. The first-order valence-corrected chi connectivity index (χ1v) is 5.54. The Morgan fingerprint density at radius 1 is 1.32 bits per heavy atom. The first kappa shape index (κ1) is 12.9. The van der Waals surface area contributed by atoms with E-state index in [0.29, 0.717) is 17.3 Å². The fraction of sp³-hybridized carbons (Fsp3) is 0.154. The van der Waals surface area contributed by atoms with Crippen LogP contribution in [-0.4, -0.2) is 23.0 Å². The standard InChI is InChI=1S/C13H12FN3O2/c1-8-15-7-11(13(18)19-2)12(16-8)17-10-5-3-9(14)4-6-10/h3-7H,1-2H3,(H,15,16,17). The maximum atomic E-state index is 12.8. The summed E-state index contributed by atoms with van der Waals surface area (Å²) in [6.45, 7) is 1.71. The molecule has 0 unspecified atom stereocenters. The quantitative estimate of drug-likeness (QED) is 0.860. The number of hydrogen-bond donors (Lipinski definition) is 1. The first-order chi connectivity index (χ1) is 9.10. The van der Waals surface area contributed by atoms with Crippen molar-refractivity contribution in [2.75, 3.05) is 12.4 Å². The molecule has 0 aliphatic rings. The number of hydrogen-bond acceptors (Lipinski definition) is 5. The number of halogens is 1. The van der Waals surface area contributed by atoms with Gasteiger partial charge in [-0.3, -0.25) is 0 Å². The van der Waals surface area contributed by atoms with Crippen LogP contribution < -0.4 is 5.32 Å². The van der Waals surface area contributed by atoms with Gasteiger partial charge in [0.15, 0.2) is 0 Å². The molecule has 0 amide bonds. The summed E-state index contributed by atoms with van der Waals surface area (Å²) in [4.78, 5) is 19.7. The molecule has 0 aliphatic carbocycles. The molecule has 19 heavy (non-hydrogen) atoms. The van der Waals surface area contributed by atoms with E-state index in [1.54, 1.807) is 19.1 Å². The molecule has 0 atom stereocenters. The van der Waals surface area contributed by atoms with Crippen molar-refractivity contribution in [1.29, 1.82) is 0 Å². The summed E-state index contributed by atoms with van der Waals surface area (Å²) >= 11 is 0. The highest BCUT2D eigenvalue weighted by atomic mass is 19.1. The second-order valence-electron chi connectivity index (χ2n) is 3.80. The molecule has 6 heteroatoms. The van der Waals surface area contributed by atoms with E-state index in [-0.39, 0.29) is 11.4 Å². The van der Waals surface area contributed by atoms with E-state index < -0.39 is 5.97 Å². The van der Waals surface area contributed by atoms with Crippen molar-refractivity contribution in [1.82, 2.24) is 9.97 Å². The molecule has 1 heterocycles. The lowest BCUT2D eigenvalue weighted by molar-refractivity contribution is 0.0601. The number of methoxy groups -OCH3 is 1. The van der Waals surface area contributed by atoms with Crippen molar-refractivity contribution in [3.63, 3.8) is 0 Å². The lowest BCUT2D eigenvalue weighted by Gasteiger charge is -2.10. The third kappa shape index (κ3) is 3.04. The zero-order valence-electron chi connectivity index (χ0n) is 10.5. The molecule has 2 rings (SSSR count). The third-order valence-electron chi connectivity index (χ3n) is 2.42. The Balaban J connectivity index is 2.35. The van der Waals surface area contributed by atoms with Crippen molar-refractivity contribution in [2.45, 2.75) is 6.92 Å². The van der Waals surface area contributed by atoms with Gasteiger partial charge in [0, 0.05) is 11.9 Å². The molecule has 0 saturated heterocycles. The van der Waals surface area contributed by atoms with Gasteiger partial charge in [0.25, 0.3) is 0 Å². The SMILES string of the molecule is COC(=O)c1cnc(C)nc1Nc1ccc(F)cc1. The molecular weight excluding hydrogens is 249 g/mol. The summed E-state index contributed by atoms with van der Waals surface area (Å²) in [6.07, 6.45) is 1.39. The number of carbonyl (C=O) groups is 1. The Bertz CT molecular complexity index is 599. The van der Waals surface area contributed by atoms with Gasteiger partial charge in [-0.1, -0.05) is 0 Å². The molecule has 0 radical (unpaired) electrons. The molecule has 0 aliphatic heterocycles. The molecule has 0 spiro atoms. The smallest absolute Gasteiger partial charge is 0.343 e. The number of nitrogens with one attached hydrogen (secondary N) is 1. The van der Waals surface area contributed by atoms with Crippen molar-refractivity contribution in [3.8, 4) is 0 Å². The van der Waals surface area contributed by atoms with Crippen molar-refractivity contribution < 1.29 is 13.9 Å². The Kier molecular flexibility index (Phi) is 3.70. The summed E-state index contributed by atoms with van der Waals surface area (Å²) in [7, 11) is 1.28. The summed E-state index contributed by atoms with van der Waals surface area (Å²) in [5.41, 5.74) is 0.835. The van der Waals surface area contributed by atoms with Crippen LogP contribution in [0.3, 0.4) is 0 Å². The van der Waals surface area contributed by atoms with Crippen LogP contribution in [0, 0.1) is 12.7 Å². The predicted octanol–water partition coefficient (Wildman–Crippen LogP) is 2.45. The van der Waals surface area contributed by atoms with E-state index in [1.165, 1.54) is 25.4 Å². The number of aromatic nitrogens is 2. The molecule has 1 aromatic carbocycles. The second kappa shape index (κ2) is 5.43. The van der Waals surface area contributed by atoms with Gasteiger partial charge in [0.2, 0.25) is 0 Å². The molecule has 1 N–H and O–H groups in total. The highest BCUT2D eigenvalue weighted by Crippen LogP contribution is 2.19. The number of carbonyl (C=O) groups excluding carboxylic acids is 1. The lowest BCUT2D eigenvalue weighted by atomic mass is 10.2. The highest BCUT2D eigenvalue weighted by molar-refractivity contribution is 5.94. The molecule has 98 valence electrons. The lowest BCUT2D eigenvalue weighted by Crippen LogP contribution is -2.09. The zero-order chi connectivity index (χ0) is 13.8. The Hall–Kier alpha value is -2.50. The van der Waals surface area contributed by atoms with E-state index in [2.05, 4.69) is 20.0 Å². The van der Waals surface area contributed by atoms with Crippen LogP contribution >= 0.6 is 0 Å². The van der Waals surface area contributed by atoms with Gasteiger partial charge in [0.05, 0.1) is 7.11 Å². The normalized spacial score (nSPS) is 10.1. The average molecular weight is 261 g/mol. The highest BCUT2D eigenvalue weighted by Gasteiger charge is 2.14. The maximum Gasteiger partial charge on any atom is 0.343 e. The average Bonchev–Trinajstić information content (AvgIpc) is 2.41. The number of nitrogens with zero attached hydrogens (tertiary/aromatic N) is 2. The monoisotopic (exact) mass is 261 g/mol. The topological polar surface area (TPSA) is 64.1 Å². The molecule has 0 bridgehead atoms. The van der Waals surface area contributed by atoms with E-state index in [1.807, 2.05) is 0 Å². The van der Waals surface area contributed by atoms with E-state index in [9.17, 15) is 9.18 Å². The molecule has 0 saturated carbocycles. The molecule has 5 nitrogen and oxygen atoms in total. The number of benzene rings is 1. The van der Waals surface area contributed by atoms with Gasteiger partial charge in [-0.05, 0) is 31.2 Å². The van der Waals surface area contributed by atoms with Crippen molar-refractivity contribution >= 4 is 17.5 Å². The molecule has 0 fully saturated rings. The zero-order valence-corrected chi connectivity index (χ0v) is 10.5. The Morgan fingerprint density at radius 3 is 2.63 bits per heavy atom. The molecule has 1 aromatic heterocycles. The van der Waals surface area contributed by atoms with E-state index >= 15 is 0 Å². The van der Waals surface area contributed by atoms with Gasteiger partial charge < -0.3 is 10.1 Å². The van der Waals surface area contributed by atoms with Crippen LogP contribution in [0.5, 0.6) is 0 Å². The maximum absolute atomic E-state index is 12.8. The minimum absolute atomic E-state index is 0.220. The number of rotatable bonds is 3. The van der Waals surface area contributed by atoms with Crippen molar-refractivity contribution in [2.24, 2.45) is 0 Å². The van der Waals surface area contributed by atoms with Crippen LogP contribution in [0.2, 0.25) is 0 Å². The van der Waals surface area contributed by atoms with Gasteiger partial charge in [-0.25, -0.2) is 19.2 Å². The second-order valence-corrected chi connectivity index (χ2v) is 3.80. The summed E-state index contributed by atoms with van der Waals surface area (Å²) in [5, 5.41) is 2.94. The number of esters is 1. The fourth-order valence-corrected chi connectivity index (χ4v) is 1.49. The van der Waals surface area contributed by atoms with Gasteiger partial charge in [0.1, 0.15) is 23.0 Å². The summed E-state index contributed by atoms with van der Waals surface area (Å²) in [5.74, 6) is -0.0366. The predicted molar refractivity (Wildman–Crippen MR) is 67.8 cm³/mol. The van der Waals surface area contributed by atoms with Crippen LogP contribution in [0.25, 0.3) is 0 Å². The van der Waals surface area contributed by atoms with Crippen molar-refractivity contribution in [3.05, 3.63) is 47.7 Å². The van der Waals surface area contributed by atoms with Gasteiger partial charge >= 0.3 is 5.97 Å². The summed E-state index contributed by atoms with van der Waals surface area (Å²) in [6, 6.07) is 5.73. The Labute approximate surface area is 109 Å². The van der Waals surface area contributed by atoms with Crippen LogP contribution in [0.15, 0.2) is 30.5 Å². The Morgan fingerprint density at radius 2 is 2.00 bits per heavy atom. The van der Waals surface area contributed by atoms with Crippen LogP contribution in [0.4, 0.5) is 15.9 Å². The fourth-order valence-electron chi connectivity index (χ4n) is 1.49. The number of aryl methyl sites for hydroxylation is 1. The van der Waals surface area contributed by atoms with Gasteiger partial charge in [-0.15, -0.1) is 0 Å². The summed E-state index contributed by atoms with van der Waals surface area (Å²) < 4.78 is 17.5. The first-order valence-electron chi connectivity index (χ1n) is 5.54. The van der Waals surface area contributed by atoms with Crippen LogP contribution in [0.1, 0.15) is 16.2 Å². The third-order valence-corrected chi connectivity index (χ3v) is 2.42. The minimum atomic E-state index is -0.537. The number of ether oxygens (including phenoxy) is 1. The van der Waals surface area contributed by atoms with Crippen LogP contribution in [-0.2, 0) is 4.74 Å².